The zero-order valence-corrected chi connectivity index (χ0v) is 14.5. The van der Waals surface area contributed by atoms with Crippen molar-refractivity contribution in [1.82, 2.24) is 0 Å². The van der Waals surface area contributed by atoms with Gasteiger partial charge in [-0.1, -0.05) is 39.3 Å². The molecule has 1 aromatic carbocycles. The molecule has 0 aliphatic heterocycles. The van der Waals surface area contributed by atoms with Crippen molar-refractivity contribution in [3.05, 3.63) is 34.4 Å². The number of nitrogens with one attached hydrogen (secondary N) is 1. The number of carbonyl (C=O) groups excluding carboxylic acids is 1. The van der Waals surface area contributed by atoms with Crippen LogP contribution in [0.25, 0.3) is 0 Å². The molecule has 0 heterocycles. The molecule has 0 aromatic heterocycles. The minimum atomic E-state index is -0.467. The number of nitrogens with zero attached hydrogens (tertiary/aromatic N) is 1. The summed E-state index contributed by atoms with van der Waals surface area (Å²) in [7, 11) is 0. The minimum Gasteiger partial charge on any atom is -0.461 e. The second kappa shape index (κ2) is 8.13. The Morgan fingerprint density at radius 1 is 1.38 bits per heavy atom. The van der Waals surface area contributed by atoms with Gasteiger partial charge in [0.05, 0.1) is 4.92 Å². The van der Waals surface area contributed by atoms with Gasteiger partial charge in [-0.25, -0.2) is 0 Å². The van der Waals surface area contributed by atoms with Crippen molar-refractivity contribution < 1.29 is 14.5 Å². The second-order valence-electron chi connectivity index (χ2n) is 6.98. The Kier molecular flexibility index (Phi) is 6.17. The molecule has 132 valence electrons. The lowest BCUT2D eigenvalue weighted by Gasteiger charge is -2.36. The number of hydrogen-bond donors (Lipinski definition) is 1. The van der Waals surface area contributed by atoms with Crippen molar-refractivity contribution in [1.29, 1.82) is 0 Å². The number of benzene rings is 1. The number of esters is 1. The topological polar surface area (TPSA) is 81.5 Å². The first-order chi connectivity index (χ1) is 11.4. The molecule has 0 bridgehead atoms. The highest BCUT2D eigenvalue weighted by Crippen LogP contribution is 2.35. The number of nitro groups is 1. The monoisotopic (exact) mass is 334 g/mol. The smallest absolute Gasteiger partial charge is 0.325 e. The minimum absolute atomic E-state index is 0.0448. The third-order valence-electron chi connectivity index (χ3n) is 4.77. The fourth-order valence-electron chi connectivity index (χ4n) is 3.41. The number of carbonyl (C=O) groups is 1. The van der Waals surface area contributed by atoms with Gasteiger partial charge in [0.2, 0.25) is 0 Å². The number of para-hydroxylation sites is 2. The summed E-state index contributed by atoms with van der Waals surface area (Å²) < 4.78 is 5.69. The van der Waals surface area contributed by atoms with Gasteiger partial charge in [0.25, 0.3) is 5.69 Å². The molecule has 3 atom stereocenters. The third-order valence-corrected chi connectivity index (χ3v) is 4.77. The summed E-state index contributed by atoms with van der Waals surface area (Å²) in [5.41, 5.74) is 0.286. The molecule has 1 aliphatic carbocycles. The highest BCUT2D eigenvalue weighted by molar-refractivity contribution is 5.76. The van der Waals surface area contributed by atoms with Gasteiger partial charge in [-0.3, -0.25) is 14.9 Å². The van der Waals surface area contributed by atoms with Crippen molar-refractivity contribution in [3.8, 4) is 0 Å². The average Bonchev–Trinajstić information content (AvgIpc) is 2.53. The largest absolute Gasteiger partial charge is 0.461 e. The molecule has 2 rings (SSSR count). The Labute approximate surface area is 142 Å². The Bertz CT molecular complexity index is 588. The van der Waals surface area contributed by atoms with E-state index in [1.165, 1.54) is 12.5 Å². The van der Waals surface area contributed by atoms with Gasteiger partial charge in [-0.05, 0) is 36.7 Å². The first-order valence-electron chi connectivity index (χ1n) is 8.55. The normalized spacial score (nSPS) is 23.8. The van der Waals surface area contributed by atoms with Crippen LogP contribution in [0.4, 0.5) is 11.4 Å². The third kappa shape index (κ3) is 4.69. The van der Waals surface area contributed by atoms with E-state index in [0.717, 1.165) is 12.8 Å². The maximum absolute atomic E-state index is 12.2. The van der Waals surface area contributed by atoms with Crippen LogP contribution in [0.3, 0.4) is 0 Å². The molecule has 1 N–H and O–H groups in total. The van der Waals surface area contributed by atoms with Crippen LogP contribution in [0.1, 0.15) is 40.0 Å². The van der Waals surface area contributed by atoms with Gasteiger partial charge in [0.1, 0.15) is 18.3 Å². The van der Waals surface area contributed by atoms with E-state index in [-0.39, 0.29) is 24.3 Å². The van der Waals surface area contributed by atoms with Crippen molar-refractivity contribution in [2.45, 2.75) is 46.1 Å². The molecule has 1 aromatic rings. The van der Waals surface area contributed by atoms with Crippen LogP contribution in [0, 0.1) is 27.9 Å². The Hall–Kier alpha value is -2.11. The Balaban J connectivity index is 1.94. The van der Waals surface area contributed by atoms with Gasteiger partial charge in [0.15, 0.2) is 0 Å². The molecule has 1 saturated carbocycles. The van der Waals surface area contributed by atoms with Gasteiger partial charge in [-0.2, -0.15) is 0 Å². The Morgan fingerprint density at radius 3 is 2.75 bits per heavy atom. The van der Waals surface area contributed by atoms with Crippen LogP contribution in [-0.4, -0.2) is 23.5 Å². The van der Waals surface area contributed by atoms with Crippen LogP contribution >= 0.6 is 0 Å². The molecule has 1 aliphatic rings. The summed E-state index contributed by atoms with van der Waals surface area (Å²) in [4.78, 5) is 22.7. The predicted molar refractivity (Wildman–Crippen MR) is 92.8 cm³/mol. The van der Waals surface area contributed by atoms with Crippen LogP contribution in [0.15, 0.2) is 24.3 Å². The van der Waals surface area contributed by atoms with E-state index in [4.69, 9.17) is 4.74 Å². The van der Waals surface area contributed by atoms with E-state index in [1.807, 2.05) is 0 Å². The molecular formula is C18H26N2O4. The fraction of sp³-hybridized carbons (Fsp3) is 0.611. The van der Waals surface area contributed by atoms with E-state index < -0.39 is 4.92 Å². The maximum atomic E-state index is 12.2. The summed E-state index contributed by atoms with van der Waals surface area (Å²) in [5.74, 6) is 1.05. The van der Waals surface area contributed by atoms with Crippen molar-refractivity contribution >= 4 is 17.3 Å². The molecule has 1 fully saturated rings. The van der Waals surface area contributed by atoms with Crippen LogP contribution in [0.2, 0.25) is 0 Å². The first kappa shape index (κ1) is 18.2. The van der Waals surface area contributed by atoms with Crippen LogP contribution in [0.5, 0.6) is 0 Å². The van der Waals surface area contributed by atoms with Gasteiger partial charge in [0, 0.05) is 6.07 Å². The van der Waals surface area contributed by atoms with E-state index in [2.05, 4.69) is 26.1 Å². The van der Waals surface area contributed by atoms with E-state index in [0.29, 0.717) is 23.4 Å². The predicted octanol–water partition coefficient (Wildman–Crippen LogP) is 4.01. The van der Waals surface area contributed by atoms with E-state index in [1.54, 1.807) is 18.2 Å². The SMILES string of the molecule is CC(C)C1CC[C@@H](C)CC1OC(=O)CNc1ccccc1[N+](=O)[O-]. The molecule has 6 nitrogen and oxygen atoms in total. The standard InChI is InChI=1S/C18H26N2O4/c1-12(2)14-9-8-13(3)10-17(14)24-18(21)11-19-15-6-4-5-7-16(15)20(22)23/h4-7,12-14,17,19H,8-11H2,1-3H3/t13-,14?,17?/m1/s1. The quantitative estimate of drug-likeness (QED) is 0.483. The highest BCUT2D eigenvalue weighted by atomic mass is 16.6. The molecule has 6 heteroatoms. The summed E-state index contributed by atoms with van der Waals surface area (Å²) in [6.07, 6.45) is 3.08. The number of hydrogen-bond acceptors (Lipinski definition) is 5. The maximum Gasteiger partial charge on any atom is 0.325 e. The van der Waals surface area contributed by atoms with Crippen LogP contribution in [-0.2, 0) is 9.53 Å². The van der Waals surface area contributed by atoms with Crippen LogP contribution < -0.4 is 5.32 Å². The molecular weight excluding hydrogens is 308 g/mol. The highest BCUT2D eigenvalue weighted by Gasteiger charge is 2.33. The summed E-state index contributed by atoms with van der Waals surface area (Å²) in [6, 6.07) is 6.28. The zero-order chi connectivity index (χ0) is 17.7. The van der Waals surface area contributed by atoms with Crippen molar-refractivity contribution in [3.63, 3.8) is 0 Å². The first-order valence-corrected chi connectivity index (χ1v) is 8.55. The fourth-order valence-corrected chi connectivity index (χ4v) is 3.41. The molecule has 0 amide bonds. The molecule has 0 radical (unpaired) electrons. The number of anilines is 1. The summed E-state index contributed by atoms with van der Waals surface area (Å²) in [5, 5.41) is 13.8. The lowest BCUT2D eigenvalue weighted by atomic mass is 9.75. The summed E-state index contributed by atoms with van der Waals surface area (Å²) in [6.45, 7) is 6.43. The van der Waals surface area contributed by atoms with Crippen molar-refractivity contribution in [2.75, 3.05) is 11.9 Å². The second-order valence-corrected chi connectivity index (χ2v) is 6.98. The molecule has 24 heavy (non-hydrogen) atoms. The average molecular weight is 334 g/mol. The number of ether oxygens (including phenoxy) is 1. The Morgan fingerprint density at radius 2 is 2.08 bits per heavy atom. The van der Waals surface area contributed by atoms with E-state index in [9.17, 15) is 14.9 Å². The number of nitro benzene ring substituents is 1. The van der Waals surface area contributed by atoms with E-state index >= 15 is 0 Å². The van der Waals surface area contributed by atoms with Gasteiger partial charge in [-0.15, -0.1) is 0 Å². The molecule has 2 unspecified atom stereocenters. The zero-order valence-electron chi connectivity index (χ0n) is 14.5. The van der Waals surface area contributed by atoms with Crippen molar-refractivity contribution in [2.24, 2.45) is 17.8 Å². The lowest BCUT2D eigenvalue weighted by molar-refractivity contribution is -0.383. The molecule has 0 spiro atoms. The lowest BCUT2D eigenvalue weighted by Crippen LogP contribution is -2.37. The summed E-state index contributed by atoms with van der Waals surface area (Å²) >= 11 is 0. The molecule has 0 saturated heterocycles. The number of rotatable bonds is 6. The van der Waals surface area contributed by atoms with Gasteiger partial charge < -0.3 is 10.1 Å². The van der Waals surface area contributed by atoms with Gasteiger partial charge >= 0.3 is 5.97 Å².